The van der Waals surface area contributed by atoms with E-state index in [4.69, 9.17) is 9.47 Å². The number of benzene rings is 1. The third-order valence-electron chi connectivity index (χ3n) is 3.42. The number of nitrogens with one attached hydrogen (secondary N) is 1. The van der Waals surface area contributed by atoms with Gasteiger partial charge in [-0.1, -0.05) is 18.2 Å². The van der Waals surface area contributed by atoms with Gasteiger partial charge in [0.15, 0.2) is 6.61 Å². The standard InChI is InChI=1S/C18H14BrNO4S2/c1-23-18(22)16-11(14-7-4-8-25-14)10-26-17(16)20-15(21)9-24-13-6-3-2-5-12(13)19/h2-8,10H,9H2,1H3,(H,20,21). The fraction of sp³-hybridized carbons (Fsp3) is 0.111. The Labute approximate surface area is 166 Å². The van der Waals surface area contributed by atoms with E-state index in [9.17, 15) is 9.59 Å². The Balaban J connectivity index is 1.76. The maximum atomic E-state index is 12.3. The monoisotopic (exact) mass is 451 g/mol. The third-order valence-corrected chi connectivity index (χ3v) is 5.87. The Bertz CT molecular complexity index is 921. The Morgan fingerprint density at radius 2 is 1.96 bits per heavy atom. The molecular formula is C18H14BrNO4S2. The average molecular weight is 452 g/mol. The van der Waals surface area contributed by atoms with Gasteiger partial charge in [0, 0.05) is 15.8 Å². The lowest BCUT2D eigenvalue weighted by atomic mass is 10.1. The first kappa shape index (κ1) is 18.6. The molecule has 0 saturated heterocycles. The predicted octanol–water partition coefficient (Wildman–Crippen LogP) is 5.04. The van der Waals surface area contributed by atoms with Crippen molar-refractivity contribution in [2.75, 3.05) is 19.0 Å². The molecule has 0 bridgehead atoms. The van der Waals surface area contributed by atoms with Crippen molar-refractivity contribution in [2.45, 2.75) is 0 Å². The van der Waals surface area contributed by atoms with E-state index in [0.717, 1.165) is 14.9 Å². The molecule has 0 aliphatic rings. The van der Waals surface area contributed by atoms with Gasteiger partial charge < -0.3 is 14.8 Å². The second kappa shape index (κ2) is 8.48. The van der Waals surface area contributed by atoms with Crippen molar-refractivity contribution in [3.8, 4) is 16.2 Å². The van der Waals surface area contributed by atoms with E-state index in [1.165, 1.54) is 29.8 Å². The molecule has 134 valence electrons. The molecule has 1 aromatic carbocycles. The second-order valence-corrected chi connectivity index (χ2v) is 7.77. The van der Waals surface area contributed by atoms with Crippen LogP contribution in [0.15, 0.2) is 51.6 Å². The Hall–Kier alpha value is -2.16. The van der Waals surface area contributed by atoms with Crippen molar-refractivity contribution in [2.24, 2.45) is 0 Å². The van der Waals surface area contributed by atoms with Crippen molar-refractivity contribution in [3.05, 3.63) is 57.2 Å². The van der Waals surface area contributed by atoms with Crippen LogP contribution in [0.3, 0.4) is 0 Å². The number of hydrogen-bond acceptors (Lipinski definition) is 6. The molecule has 3 aromatic rings. The molecule has 0 unspecified atom stereocenters. The summed E-state index contributed by atoms with van der Waals surface area (Å²) in [6, 6.07) is 11.1. The van der Waals surface area contributed by atoms with Gasteiger partial charge in [0.25, 0.3) is 5.91 Å². The van der Waals surface area contributed by atoms with Crippen molar-refractivity contribution in [1.29, 1.82) is 0 Å². The molecule has 0 aliphatic heterocycles. The van der Waals surface area contributed by atoms with E-state index >= 15 is 0 Å². The van der Waals surface area contributed by atoms with Gasteiger partial charge in [0.2, 0.25) is 0 Å². The topological polar surface area (TPSA) is 64.6 Å². The molecule has 0 fully saturated rings. The summed E-state index contributed by atoms with van der Waals surface area (Å²) in [5.41, 5.74) is 1.10. The summed E-state index contributed by atoms with van der Waals surface area (Å²) in [6.07, 6.45) is 0. The van der Waals surface area contributed by atoms with Crippen LogP contribution in [0.25, 0.3) is 10.4 Å². The number of anilines is 1. The van der Waals surface area contributed by atoms with Gasteiger partial charge in [0.1, 0.15) is 16.3 Å². The zero-order chi connectivity index (χ0) is 18.5. The molecule has 3 rings (SSSR count). The summed E-state index contributed by atoms with van der Waals surface area (Å²) in [4.78, 5) is 25.4. The highest BCUT2D eigenvalue weighted by molar-refractivity contribution is 9.10. The number of halogens is 1. The number of methoxy groups -OCH3 is 1. The van der Waals surface area contributed by atoms with Gasteiger partial charge in [-0.2, -0.15) is 0 Å². The minimum Gasteiger partial charge on any atom is -0.483 e. The van der Waals surface area contributed by atoms with Crippen LogP contribution in [-0.4, -0.2) is 25.6 Å². The molecule has 2 heterocycles. The van der Waals surface area contributed by atoms with E-state index in [-0.39, 0.29) is 12.5 Å². The summed E-state index contributed by atoms with van der Waals surface area (Å²) in [5.74, 6) is -0.275. The number of carbonyl (C=O) groups excluding carboxylic acids is 2. The molecule has 5 nitrogen and oxygen atoms in total. The highest BCUT2D eigenvalue weighted by Gasteiger charge is 2.23. The van der Waals surface area contributed by atoms with Gasteiger partial charge in [-0.3, -0.25) is 4.79 Å². The van der Waals surface area contributed by atoms with Gasteiger partial charge in [-0.15, -0.1) is 22.7 Å². The highest BCUT2D eigenvalue weighted by atomic mass is 79.9. The lowest BCUT2D eigenvalue weighted by molar-refractivity contribution is -0.118. The Kier molecular flexibility index (Phi) is 6.08. The Morgan fingerprint density at radius 3 is 2.65 bits per heavy atom. The van der Waals surface area contributed by atoms with E-state index in [1.807, 2.05) is 41.1 Å². The largest absolute Gasteiger partial charge is 0.483 e. The van der Waals surface area contributed by atoms with Crippen LogP contribution >= 0.6 is 38.6 Å². The van der Waals surface area contributed by atoms with Crippen LogP contribution < -0.4 is 10.1 Å². The SMILES string of the molecule is COC(=O)c1c(-c2cccs2)csc1NC(=O)COc1ccccc1Br. The molecular weight excluding hydrogens is 438 g/mol. The zero-order valence-corrected chi connectivity index (χ0v) is 16.9. The number of carbonyl (C=O) groups is 2. The van der Waals surface area contributed by atoms with Crippen molar-refractivity contribution in [3.63, 3.8) is 0 Å². The van der Waals surface area contributed by atoms with Gasteiger partial charge in [-0.25, -0.2) is 4.79 Å². The fourth-order valence-electron chi connectivity index (χ4n) is 2.24. The molecule has 0 aliphatic carbocycles. The number of rotatable bonds is 6. The molecule has 0 atom stereocenters. The molecule has 0 saturated carbocycles. The van der Waals surface area contributed by atoms with Crippen LogP contribution in [0.2, 0.25) is 0 Å². The van der Waals surface area contributed by atoms with Crippen LogP contribution in [-0.2, 0) is 9.53 Å². The molecule has 0 spiro atoms. The maximum Gasteiger partial charge on any atom is 0.341 e. The van der Waals surface area contributed by atoms with Crippen LogP contribution in [0.1, 0.15) is 10.4 Å². The maximum absolute atomic E-state index is 12.3. The molecule has 1 amide bonds. The fourth-order valence-corrected chi connectivity index (χ4v) is 4.42. The molecule has 8 heteroatoms. The predicted molar refractivity (Wildman–Crippen MR) is 107 cm³/mol. The lowest BCUT2D eigenvalue weighted by Crippen LogP contribution is -2.21. The smallest absolute Gasteiger partial charge is 0.341 e. The first-order valence-corrected chi connectivity index (χ1v) is 10.1. The summed E-state index contributed by atoms with van der Waals surface area (Å²) >= 11 is 6.16. The quantitative estimate of drug-likeness (QED) is 0.532. The summed E-state index contributed by atoms with van der Waals surface area (Å²) in [7, 11) is 1.32. The molecule has 0 radical (unpaired) electrons. The molecule has 26 heavy (non-hydrogen) atoms. The zero-order valence-electron chi connectivity index (χ0n) is 13.7. The van der Waals surface area contributed by atoms with Gasteiger partial charge >= 0.3 is 5.97 Å². The summed E-state index contributed by atoms with van der Waals surface area (Å²) < 4.78 is 11.2. The number of ether oxygens (including phenoxy) is 2. The third kappa shape index (κ3) is 4.14. The first-order chi connectivity index (χ1) is 12.6. The second-order valence-electron chi connectivity index (χ2n) is 5.09. The normalized spacial score (nSPS) is 10.4. The summed E-state index contributed by atoms with van der Waals surface area (Å²) in [6.45, 7) is -0.171. The van der Waals surface area contributed by atoms with Crippen molar-refractivity contribution in [1.82, 2.24) is 0 Å². The number of para-hydroxylation sites is 1. The molecule has 1 N–H and O–H groups in total. The summed E-state index contributed by atoms with van der Waals surface area (Å²) in [5, 5.41) is 6.95. The minimum absolute atomic E-state index is 0.171. The van der Waals surface area contributed by atoms with E-state index < -0.39 is 5.97 Å². The van der Waals surface area contributed by atoms with E-state index in [2.05, 4.69) is 21.2 Å². The highest BCUT2D eigenvalue weighted by Crippen LogP contribution is 2.38. The average Bonchev–Trinajstić information content (AvgIpc) is 3.30. The van der Waals surface area contributed by atoms with Gasteiger partial charge in [-0.05, 0) is 39.5 Å². The number of hydrogen-bond donors (Lipinski definition) is 1. The van der Waals surface area contributed by atoms with Crippen molar-refractivity contribution < 1.29 is 19.1 Å². The molecule has 2 aromatic heterocycles. The van der Waals surface area contributed by atoms with Crippen LogP contribution in [0.5, 0.6) is 5.75 Å². The number of thiophene rings is 2. The number of amides is 1. The van der Waals surface area contributed by atoms with Crippen molar-refractivity contribution >= 4 is 55.5 Å². The first-order valence-electron chi connectivity index (χ1n) is 7.51. The van der Waals surface area contributed by atoms with E-state index in [0.29, 0.717) is 16.3 Å². The van der Waals surface area contributed by atoms with Crippen LogP contribution in [0, 0.1) is 0 Å². The van der Waals surface area contributed by atoms with E-state index in [1.54, 1.807) is 6.07 Å². The van der Waals surface area contributed by atoms with Gasteiger partial charge in [0.05, 0.1) is 11.6 Å². The lowest BCUT2D eigenvalue weighted by Gasteiger charge is -2.09. The van der Waals surface area contributed by atoms with Crippen LogP contribution in [0.4, 0.5) is 5.00 Å². The number of esters is 1. The minimum atomic E-state index is -0.489. The Morgan fingerprint density at radius 1 is 1.15 bits per heavy atom.